The van der Waals surface area contributed by atoms with Gasteiger partial charge in [-0.1, -0.05) is 46.9 Å². The first-order chi connectivity index (χ1) is 26.7. The molecule has 54 heavy (non-hydrogen) atoms. The normalized spacial score (nSPS) is 10.6. The van der Waals surface area contributed by atoms with Gasteiger partial charge in [0.1, 0.15) is 23.0 Å². The molecule has 0 spiro atoms. The van der Waals surface area contributed by atoms with Gasteiger partial charge >= 0.3 is 6.03 Å². The molecule has 0 radical (unpaired) electrons. The average molecular weight is 880 g/mol. The van der Waals surface area contributed by atoms with E-state index in [0.29, 0.717) is 35.9 Å². The summed E-state index contributed by atoms with van der Waals surface area (Å²) in [6, 6.07) is 23.6. The van der Waals surface area contributed by atoms with Crippen molar-refractivity contribution in [1.82, 2.24) is 35.2 Å². The number of nitrogen functional groups attached to an aromatic ring is 1. The average Bonchev–Trinajstić information content (AvgIpc) is 4.00. The number of rotatable bonds is 8. The second-order valence-electron chi connectivity index (χ2n) is 11.4. The Balaban J connectivity index is 0.000000173. The Kier molecular flexibility index (Phi) is 14.4. The van der Waals surface area contributed by atoms with Gasteiger partial charge in [-0.05, 0) is 96.1 Å². The lowest BCUT2D eigenvalue weighted by Gasteiger charge is -2.08. The zero-order valence-corrected chi connectivity index (χ0v) is 32.5. The number of nitrogens with one attached hydrogen (secondary N) is 4. The van der Waals surface area contributed by atoms with Gasteiger partial charge in [-0.2, -0.15) is 0 Å². The van der Waals surface area contributed by atoms with Crippen LogP contribution in [0.25, 0.3) is 45.1 Å². The van der Waals surface area contributed by atoms with Crippen molar-refractivity contribution in [2.75, 3.05) is 29.0 Å². The highest BCUT2D eigenvalue weighted by molar-refractivity contribution is 14.1. The monoisotopic (exact) mass is 879 g/mol. The first kappa shape index (κ1) is 38.4. The first-order valence-electron chi connectivity index (χ1n) is 17.1. The Morgan fingerprint density at radius 2 is 1.37 bits per heavy atom. The fraction of sp³-hybridized carbons (Fsp3) is 0.132. The van der Waals surface area contributed by atoms with E-state index in [1.165, 1.54) is 35.6 Å². The Morgan fingerprint density at radius 1 is 0.815 bits per heavy atom. The number of urea groups is 1. The molecule has 8 rings (SSSR count). The number of carbonyl (C=O) groups is 1. The van der Waals surface area contributed by atoms with Crippen LogP contribution in [0.2, 0.25) is 0 Å². The van der Waals surface area contributed by atoms with Crippen molar-refractivity contribution in [3.63, 3.8) is 0 Å². The summed E-state index contributed by atoms with van der Waals surface area (Å²) in [7, 11) is 0. The van der Waals surface area contributed by atoms with Crippen molar-refractivity contribution in [3.05, 3.63) is 129 Å². The van der Waals surface area contributed by atoms with Crippen molar-refractivity contribution in [3.8, 4) is 23.0 Å². The number of H-pyrrole nitrogens is 2. The predicted molar refractivity (Wildman–Crippen MR) is 225 cm³/mol. The first-order valence-corrected chi connectivity index (χ1v) is 19.8. The SMILES string of the molecule is NCCc1cccc(F)c1.Nc1ccc2nc(-c3cscn3)[nH]c2c1.O=C(NCCc1cccc(F)c1)Nc1ccc2nc(-c3cscn3)[nH]c2c1.[2H]CI. The van der Waals surface area contributed by atoms with Crippen molar-refractivity contribution in [2.45, 2.75) is 12.8 Å². The largest absolute Gasteiger partial charge is 0.399 e. The van der Waals surface area contributed by atoms with Gasteiger partial charge in [0.25, 0.3) is 0 Å². The highest BCUT2D eigenvalue weighted by Gasteiger charge is 2.09. The number of fused-ring (bicyclic) bond motifs is 2. The van der Waals surface area contributed by atoms with Gasteiger partial charge in [-0.3, -0.25) is 0 Å². The molecule has 0 unspecified atom stereocenters. The lowest BCUT2D eigenvalue weighted by molar-refractivity contribution is 0.252. The van der Waals surface area contributed by atoms with Crippen LogP contribution >= 0.6 is 45.3 Å². The van der Waals surface area contributed by atoms with E-state index in [4.69, 9.17) is 12.8 Å². The van der Waals surface area contributed by atoms with Crippen LogP contribution in [0.3, 0.4) is 0 Å². The summed E-state index contributed by atoms with van der Waals surface area (Å²) < 4.78 is 31.8. The van der Waals surface area contributed by atoms with Gasteiger partial charge < -0.3 is 32.1 Å². The number of amides is 2. The van der Waals surface area contributed by atoms with Crippen LogP contribution in [-0.2, 0) is 12.8 Å². The molecule has 8 aromatic rings. The van der Waals surface area contributed by atoms with E-state index in [2.05, 4.69) is 40.5 Å². The molecule has 0 aliphatic rings. The molecule has 0 bridgehead atoms. The number of benzene rings is 4. The van der Waals surface area contributed by atoms with Crippen LogP contribution < -0.4 is 22.1 Å². The van der Waals surface area contributed by atoms with E-state index in [1.807, 2.05) is 75.8 Å². The Hall–Kier alpha value is -5.30. The van der Waals surface area contributed by atoms with Crippen molar-refractivity contribution in [2.24, 2.45) is 5.73 Å². The third kappa shape index (κ3) is 11.6. The van der Waals surface area contributed by atoms with Gasteiger partial charge in [0.2, 0.25) is 0 Å². The molecule has 4 aromatic heterocycles. The molecule has 0 atom stereocenters. The number of imidazole rings is 2. The van der Waals surface area contributed by atoms with Crippen LogP contribution in [-0.4, -0.2) is 53.9 Å². The molecule has 16 heteroatoms. The Labute approximate surface area is 333 Å². The van der Waals surface area contributed by atoms with E-state index in [9.17, 15) is 13.6 Å². The van der Waals surface area contributed by atoms with Crippen molar-refractivity contribution >= 4 is 84.7 Å². The molecule has 0 saturated heterocycles. The summed E-state index contributed by atoms with van der Waals surface area (Å²) in [4.78, 5) is 36.3. The number of nitrogens with zero attached hydrogens (tertiary/aromatic N) is 4. The lowest BCUT2D eigenvalue weighted by Crippen LogP contribution is -2.30. The van der Waals surface area contributed by atoms with E-state index in [1.54, 1.807) is 40.6 Å². The number of carbonyl (C=O) groups excluding carboxylic acids is 1. The summed E-state index contributed by atoms with van der Waals surface area (Å²) in [6.45, 7) is 0.985. The van der Waals surface area contributed by atoms with Crippen LogP contribution in [0.15, 0.2) is 107 Å². The number of hydrogen-bond donors (Lipinski definition) is 6. The molecule has 2 amide bonds. The van der Waals surface area contributed by atoms with Gasteiger partial charge in [-0.15, -0.1) is 22.7 Å². The number of thiazole rings is 2. The molecule has 278 valence electrons. The highest BCUT2D eigenvalue weighted by atomic mass is 127. The molecule has 4 heterocycles. The van der Waals surface area contributed by atoms with Gasteiger partial charge in [-0.25, -0.2) is 33.5 Å². The number of nitrogens with two attached hydrogens (primary N) is 2. The van der Waals surface area contributed by atoms with Crippen LogP contribution in [0.4, 0.5) is 25.0 Å². The number of alkyl halides is 1. The minimum atomic E-state index is -0.315. The van der Waals surface area contributed by atoms with Gasteiger partial charge in [0, 0.05) is 30.1 Å². The van der Waals surface area contributed by atoms with Crippen LogP contribution in [0, 0.1) is 11.6 Å². The predicted octanol–water partition coefficient (Wildman–Crippen LogP) is 8.84. The summed E-state index contributed by atoms with van der Waals surface area (Å²) in [5.41, 5.74) is 22.8. The van der Waals surface area contributed by atoms with Crippen molar-refractivity contribution < 1.29 is 14.9 Å². The van der Waals surface area contributed by atoms with Crippen LogP contribution in [0.1, 0.15) is 12.5 Å². The quantitative estimate of drug-likeness (QED) is 0.0502. The third-order valence-electron chi connectivity index (χ3n) is 7.51. The van der Waals surface area contributed by atoms with E-state index in [0.717, 1.165) is 62.5 Å². The Morgan fingerprint density at radius 3 is 1.91 bits per heavy atom. The molecule has 8 N–H and O–H groups in total. The maximum Gasteiger partial charge on any atom is 0.319 e. The zero-order valence-electron chi connectivity index (χ0n) is 29.7. The second-order valence-corrected chi connectivity index (χ2v) is 12.8. The Bertz CT molecular complexity index is 2390. The molecule has 4 aromatic carbocycles. The summed E-state index contributed by atoms with van der Waals surface area (Å²) in [6.07, 6.45) is 1.31. The zero-order chi connectivity index (χ0) is 39.0. The standard InChI is InChI=1S/C19H16FN5OS.C10H8N4S.C8H10FN.CH3I/c20-13-3-1-2-12(8-13)6-7-21-19(26)23-14-4-5-15-16(9-14)25-18(24-15)17-10-27-11-22-17;11-6-1-2-7-8(3-6)14-10(13-7)9-4-15-5-12-9;9-8-3-1-2-7(6-8)4-5-10;1-2/h1-5,8-11H,6-7H2,(H,24,25)(H2,21,23,26);1-5H,11H2,(H,13,14);1-3,6H,4-5,10H2;1H3/i;;;1D. The molecular formula is C38H37F2IN10OS2. The second kappa shape index (κ2) is 20.2. The van der Waals surface area contributed by atoms with Crippen molar-refractivity contribution in [1.29, 1.82) is 0 Å². The topological polar surface area (TPSA) is 176 Å². The summed E-state index contributed by atoms with van der Waals surface area (Å²) >= 11 is 5.01. The maximum absolute atomic E-state index is 13.1. The molecule has 0 aliphatic carbocycles. The molecular weight excluding hydrogens is 842 g/mol. The highest BCUT2D eigenvalue weighted by Crippen LogP contribution is 2.23. The fourth-order valence-corrected chi connectivity index (χ4v) is 6.14. The van der Waals surface area contributed by atoms with Gasteiger partial charge in [0.15, 0.2) is 11.6 Å². The minimum absolute atomic E-state index is 0.189. The fourth-order valence-electron chi connectivity index (χ4n) is 5.06. The van der Waals surface area contributed by atoms with Gasteiger partial charge in [0.05, 0.1) is 33.1 Å². The minimum Gasteiger partial charge on any atom is -0.399 e. The number of aromatic nitrogens is 6. The maximum atomic E-state index is 13.1. The number of hydrogen-bond acceptors (Lipinski definition) is 9. The van der Waals surface area contributed by atoms with Crippen LogP contribution in [0.5, 0.6) is 0 Å². The smallest absolute Gasteiger partial charge is 0.319 e. The molecule has 0 aliphatic heterocycles. The van der Waals surface area contributed by atoms with E-state index >= 15 is 0 Å². The summed E-state index contributed by atoms with van der Waals surface area (Å²) in [5, 5.41) is 9.44. The summed E-state index contributed by atoms with van der Waals surface area (Å²) in [5.74, 6) is 1.02. The molecule has 0 saturated carbocycles. The molecule has 11 nitrogen and oxygen atoms in total. The lowest BCUT2D eigenvalue weighted by atomic mass is 10.1. The van der Waals surface area contributed by atoms with E-state index in [-0.39, 0.29) is 17.7 Å². The number of halogens is 3. The number of aromatic amines is 2. The molecule has 0 fully saturated rings. The third-order valence-corrected chi connectivity index (χ3v) is 8.68. The number of anilines is 2. The van der Waals surface area contributed by atoms with E-state index < -0.39 is 0 Å².